The van der Waals surface area contributed by atoms with Crippen molar-refractivity contribution >= 4 is 22.6 Å². The zero-order chi connectivity index (χ0) is 14.8. The van der Waals surface area contributed by atoms with Gasteiger partial charge in [-0.2, -0.15) is 0 Å². The van der Waals surface area contributed by atoms with Crippen molar-refractivity contribution < 1.29 is 0 Å². The zero-order valence-corrected chi connectivity index (χ0v) is 12.5. The number of aromatic nitrogens is 2. The second kappa shape index (κ2) is 5.85. The fourth-order valence-electron chi connectivity index (χ4n) is 2.56. The van der Waals surface area contributed by atoms with E-state index < -0.39 is 0 Å². The molecule has 3 N–H and O–H groups in total. The van der Waals surface area contributed by atoms with Crippen molar-refractivity contribution in [2.45, 2.75) is 12.5 Å². The molecule has 3 aromatic rings. The van der Waals surface area contributed by atoms with Crippen LogP contribution in [0.5, 0.6) is 0 Å². The van der Waals surface area contributed by atoms with Crippen LogP contribution in [-0.2, 0) is 13.5 Å². The summed E-state index contributed by atoms with van der Waals surface area (Å²) in [6, 6.07) is 15.8. The van der Waals surface area contributed by atoms with Crippen LogP contribution < -0.4 is 11.3 Å². The highest BCUT2D eigenvalue weighted by atomic mass is 35.5. The van der Waals surface area contributed by atoms with Crippen LogP contribution in [-0.4, -0.2) is 9.55 Å². The van der Waals surface area contributed by atoms with E-state index in [1.54, 1.807) is 0 Å². The Morgan fingerprint density at radius 2 is 2.05 bits per heavy atom. The van der Waals surface area contributed by atoms with E-state index in [2.05, 4.69) is 21.0 Å². The minimum absolute atomic E-state index is 0.0285. The van der Waals surface area contributed by atoms with Gasteiger partial charge in [0.2, 0.25) is 0 Å². The van der Waals surface area contributed by atoms with E-state index in [4.69, 9.17) is 17.4 Å². The van der Waals surface area contributed by atoms with Gasteiger partial charge >= 0.3 is 0 Å². The molecule has 3 rings (SSSR count). The molecule has 0 aliphatic carbocycles. The molecule has 2 aromatic carbocycles. The number of nitrogens with one attached hydrogen (secondary N) is 1. The first-order chi connectivity index (χ1) is 10.2. The minimum atomic E-state index is -0.0285. The summed E-state index contributed by atoms with van der Waals surface area (Å²) in [5.74, 6) is 6.70. The van der Waals surface area contributed by atoms with Crippen LogP contribution in [0.3, 0.4) is 0 Å². The molecule has 1 unspecified atom stereocenters. The lowest BCUT2D eigenvalue weighted by molar-refractivity contribution is 0.532. The van der Waals surface area contributed by atoms with Crippen molar-refractivity contribution in [1.29, 1.82) is 0 Å². The number of hydrogen-bond donors (Lipinski definition) is 2. The molecular weight excluding hydrogens is 284 g/mol. The highest BCUT2D eigenvalue weighted by molar-refractivity contribution is 6.30. The lowest BCUT2D eigenvalue weighted by Crippen LogP contribution is -2.30. The van der Waals surface area contributed by atoms with Crippen LogP contribution in [0.1, 0.15) is 17.4 Å². The minimum Gasteiger partial charge on any atom is -0.331 e. The Morgan fingerprint density at radius 1 is 1.24 bits per heavy atom. The predicted octanol–water partition coefficient (Wildman–Crippen LogP) is 2.97. The smallest absolute Gasteiger partial charge is 0.111 e. The number of hydrogen-bond acceptors (Lipinski definition) is 3. The Kier molecular flexibility index (Phi) is 3.92. The molecule has 0 saturated heterocycles. The Hall–Kier alpha value is -1.88. The summed E-state index contributed by atoms with van der Waals surface area (Å²) in [6.07, 6.45) is 0.696. The van der Waals surface area contributed by atoms with Crippen molar-refractivity contribution in [2.75, 3.05) is 0 Å². The predicted molar refractivity (Wildman–Crippen MR) is 85.9 cm³/mol. The van der Waals surface area contributed by atoms with Gasteiger partial charge in [-0.05, 0) is 29.8 Å². The van der Waals surface area contributed by atoms with E-state index in [0.717, 1.165) is 22.4 Å². The SMILES string of the molecule is Cn1c(CC(NN)c2cccc(Cl)c2)nc2ccccc21. The fourth-order valence-corrected chi connectivity index (χ4v) is 2.76. The Morgan fingerprint density at radius 3 is 2.76 bits per heavy atom. The van der Waals surface area contributed by atoms with Crippen molar-refractivity contribution in [1.82, 2.24) is 15.0 Å². The van der Waals surface area contributed by atoms with E-state index >= 15 is 0 Å². The molecule has 0 fully saturated rings. The van der Waals surface area contributed by atoms with Crippen LogP contribution >= 0.6 is 11.6 Å². The highest BCUT2D eigenvalue weighted by Crippen LogP contribution is 2.22. The number of halogens is 1. The molecule has 0 aliphatic rings. The third-order valence-electron chi connectivity index (χ3n) is 3.72. The van der Waals surface area contributed by atoms with Crippen LogP contribution in [0.2, 0.25) is 5.02 Å². The topological polar surface area (TPSA) is 55.9 Å². The number of imidazole rings is 1. The summed E-state index contributed by atoms with van der Waals surface area (Å²) in [5.41, 5.74) is 6.02. The fraction of sp³-hybridized carbons (Fsp3) is 0.188. The maximum Gasteiger partial charge on any atom is 0.111 e. The third-order valence-corrected chi connectivity index (χ3v) is 3.95. The maximum absolute atomic E-state index is 6.05. The molecule has 0 saturated carbocycles. The molecule has 0 amide bonds. The number of fused-ring (bicyclic) bond motifs is 1. The second-order valence-electron chi connectivity index (χ2n) is 5.05. The number of para-hydroxylation sites is 2. The average Bonchev–Trinajstić information content (AvgIpc) is 2.81. The molecule has 0 bridgehead atoms. The number of hydrazine groups is 1. The van der Waals surface area contributed by atoms with Gasteiger partial charge in [0, 0.05) is 18.5 Å². The first-order valence-corrected chi connectivity index (χ1v) is 7.19. The lowest BCUT2D eigenvalue weighted by atomic mass is 10.0. The van der Waals surface area contributed by atoms with E-state index in [0.29, 0.717) is 11.4 Å². The normalized spacial score (nSPS) is 12.7. The molecule has 0 aliphatic heterocycles. The van der Waals surface area contributed by atoms with Gasteiger partial charge in [-0.15, -0.1) is 0 Å². The van der Waals surface area contributed by atoms with E-state index in [9.17, 15) is 0 Å². The summed E-state index contributed by atoms with van der Waals surface area (Å²) in [5, 5.41) is 0.706. The third kappa shape index (κ3) is 2.78. The molecule has 21 heavy (non-hydrogen) atoms. The summed E-state index contributed by atoms with van der Waals surface area (Å²) in [7, 11) is 2.02. The van der Waals surface area contributed by atoms with Gasteiger partial charge in [0.25, 0.3) is 0 Å². The van der Waals surface area contributed by atoms with E-state index in [-0.39, 0.29) is 6.04 Å². The Labute approximate surface area is 128 Å². The van der Waals surface area contributed by atoms with Gasteiger partial charge in [-0.1, -0.05) is 35.9 Å². The van der Waals surface area contributed by atoms with Crippen molar-refractivity contribution in [3.63, 3.8) is 0 Å². The van der Waals surface area contributed by atoms with Crippen LogP contribution in [0.25, 0.3) is 11.0 Å². The van der Waals surface area contributed by atoms with Gasteiger partial charge in [0.1, 0.15) is 5.82 Å². The quantitative estimate of drug-likeness (QED) is 0.575. The molecule has 108 valence electrons. The summed E-state index contributed by atoms with van der Waals surface area (Å²) < 4.78 is 2.10. The number of aryl methyl sites for hydroxylation is 1. The summed E-state index contributed by atoms with van der Waals surface area (Å²) >= 11 is 6.05. The highest BCUT2D eigenvalue weighted by Gasteiger charge is 2.15. The van der Waals surface area contributed by atoms with Crippen LogP contribution in [0.4, 0.5) is 0 Å². The van der Waals surface area contributed by atoms with Gasteiger partial charge in [-0.25, -0.2) is 4.98 Å². The van der Waals surface area contributed by atoms with Crippen molar-refractivity contribution in [3.8, 4) is 0 Å². The number of benzene rings is 2. The largest absolute Gasteiger partial charge is 0.331 e. The average molecular weight is 301 g/mol. The summed E-state index contributed by atoms with van der Waals surface area (Å²) in [4.78, 5) is 4.68. The van der Waals surface area contributed by atoms with Crippen molar-refractivity contribution in [2.24, 2.45) is 12.9 Å². The molecule has 1 heterocycles. The standard InChI is InChI=1S/C16H17ClN4/c1-21-15-8-3-2-7-13(15)19-16(21)10-14(20-18)11-5-4-6-12(17)9-11/h2-9,14,20H,10,18H2,1H3. The van der Waals surface area contributed by atoms with Crippen LogP contribution in [0.15, 0.2) is 48.5 Å². The van der Waals surface area contributed by atoms with Gasteiger partial charge in [0.05, 0.1) is 17.1 Å². The maximum atomic E-state index is 6.05. The number of nitrogens with two attached hydrogens (primary N) is 1. The Bertz CT molecular complexity index is 766. The van der Waals surface area contributed by atoms with Gasteiger partial charge in [0.15, 0.2) is 0 Å². The Balaban J connectivity index is 1.94. The molecule has 5 heteroatoms. The molecule has 1 aromatic heterocycles. The molecule has 0 radical (unpaired) electrons. The lowest BCUT2D eigenvalue weighted by Gasteiger charge is -2.16. The molecular formula is C16H17ClN4. The summed E-state index contributed by atoms with van der Waals surface area (Å²) in [6.45, 7) is 0. The second-order valence-corrected chi connectivity index (χ2v) is 5.49. The molecule has 0 spiro atoms. The first-order valence-electron chi connectivity index (χ1n) is 6.81. The molecule has 4 nitrogen and oxygen atoms in total. The zero-order valence-electron chi connectivity index (χ0n) is 11.8. The van der Waals surface area contributed by atoms with Gasteiger partial charge < -0.3 is 4.57 Å². The van der Waals surface area contributed by atoms with Crippen LogP contribution in [0, 0.1) is 0 Å². The molecule has 1 atom stereocenters. The van der Waals surface area contributed by atoms with Gasteiger partial charge in [-0.3, -0.25) is 11.3 Å². The first kappa shape index (κ1) is 14.1. The number of nitrogens with zero attached hydrogens (tertiary/aromatic N) is 2. The number of rotatable bonds is 4. The van der Waals surface area contributed by atoms with E-state index in [1.807, 2.05) is 49.5 Å². The van der Waals surface area contributed by atoms with Crippen molar-refractivity contribution in [3.05, 3.63) is 64.9 Å². The monoisotopic (exact) mass is 300 g/mol. The van der Waals surface area contributed by atoms with E-state index in [1.165, 1.54) is 0 Å².